The van der Waals surface area contributed by atoms with E-state index in [0.29, 0.717) is 16.7 Å². The molecule has 2 rings (SSSR count). The number of nitrogens with one attached hydrogen (secondary N) is 1. The summed E-state index contributed by atoms with van der Waals surface area (Å²) in [5, 5.41) is 7.37. The SMILES string of the molecule is CC(NC(=O)C(C)C(C)N)c1noc(-c2ccc(Cl)cc2)n1. The molecule has 3 atom stereocenters. The third-order valence-corrected chi connectivity index (χ3v) is 3.73. The van der Waals surface area contributed by atoms with Gasteiger partial charge in [0, 0.05) is 22.5 Å². The first-order valence-electron chi connectivity index (χ1n) is 7.04. The van der Waals surface area contributed by atoms with Crippen LogP contribution in [0.1, 0.15) is 32.6 Å². The lowest BCUT2D eigenvalue weighted by atomic mass is 10.0. The molecule has 1 amide bonds. The van der Waals surface area contributed by atoms with Gasteiger partial charge in [-0.25, -0.2) is 0 Å². The Kier molecular flexibility index (Phi) is 5.15. The Hall–Kier alpha value is -1.92. The maximum absolute atomic E-state index is 12.0. The summed E-state index contributed by atoms with van der Waals surface area (Å²) < 4.78 is 5.22. The number of amides is 1. The van der Waals surface area contributed by atoms with Gasteiger partial charge in [0.1, 0.15) is 0 Å². The van der Waals surface area contributed by atoms with Crippen molar-refractivity contribution in [3.63, 3.8) is 0 Å². The standard InChI is InChI=1S/C15H19ClN4O2/c1-8(9(2)17)14(21)18-10(3)13-19-15(22-20-13)11-4-6-12(16)7-5-11/h4-10H,17H2,1-3H3,(H,18,21). The second kappa shape index (κ2) is 6.89. The number of hydrogen-bond donors (Lipinski definition) is 2. The molecule has 1 aromatic carbocycles. The summed E-state index contributed by atoms with van der Waals surface area (Å²) in [7, 11) is 0. The maximum atomic E-state index is 12.0. The van der Waals surface area contributed by atoms with E-state index in [1.165, 1.54) is 0 Å². The van der Waals surface area contributed by atoms with Crippen molar-refractivity contribution in [2.24, 2.45) is 11.7 Å². The third-order valence-electron chi connectivity index (χ3n) is 3.48. The van der Waals surface area contributed by atoms with Crippen molar-refractivity contribution in [1.29, 1.82) is 0 Å². The zero-order valence-corrected chi connectivity index (χ0v) is 13.5. The van der Waals surface area contributed by atoms with E-state index >= 15 is 0 Å². The molecule has 118 valence electrons. The van der Waals surface area contributed by atoms with E-state index in [1.54, 1.807) is 45.0 Å². The van der Waals surface area contributed by atoms with E-state index in [9.17, 15) is 4.79 Å². The summed E-state index contributed by atoms with van der Waals surface area (Å²) in [5.74, 6) is 0.369. The summed E-state index contributed by atoms with van der Waals surface area (Å²) in [6.07, 6.45) is 0. The zero-order chi connectivity index (χ0) is 16.3. The summed E-state index contributed by atoms with van der Waals surface area (Å²) >= 11 is 5.84. The number of carbonyl (C=O) groups is 1. The van der Waals surface area contributed by atoms with Crippen LogP contribution in [0.3, 0.4) is 0 Å². The number of rotatable bonds is 5. The molecule has 0 fully saturated rings. The summed E-state index contributed by atoms with van der Waals surface area (Å²) in [6.45, 7) is 5.37. The van der Waals surface area contributed by atoms with E-state index in [1.807, 2.05) is 0 Å². The molecule has 3 N–H and O–H groups in total. The topological polar surface area (TPSA) is 94.0 Å². The number of carbonyl (C=O) groups excluding carboxylic acids is 1. The van der Waals surface area contributed by atoms with Gasteiger partial charge in [0.05, 0.1) is 6.04 Å². The summed E-state index contributed by atoms with van der Waals surface area (Å²) in [4.78, 5) is 16.3. The molecule has 0 spiro atoms. The Morgan fingerprint density at radius 1 is 1.27 bits per heavy atom. The third kappa shape index (κ3) is 3.84. The smallest absolute Gasteiger partial charge is 0.257 e. The molecule has 22 heavy (non-hydrogen) atoms. The zero-order valence-electron chi connectivity index (χ0n) is 12.7. The molecule has 6 nitrogen and oxygen atoms in total. The van der Waals surface area contributed by atoms with Gasteiger partial charge in [0.15, 0.2) is 5.82 Å². The molecule has 1 aromatic heterocycles. The fourth-order valence-corrected chi connectivity index (χ4v) is 1.89. The molecule has 0 aliphatic carbocycles. The molecule has 0 aliphatic rings. The lowest BCUT2D eigenvalue weighted by Gasteiger charge is -2.17. The first-order chi connectivity index (χ1) is 10.4. The fraction of sp³-hybridized carbons (Fsp3) is 0.400. The van der Waals surface area contributed by atoms with Crippen molar-refractivity contribution in [2.75, 3.05) is 0 Å². The molecule has 0 saturated heterocycles. The highest BCUT2D eigenvalue weighted by Crippen LogP contribution is 2.21. The largest absolute Gasteiger partial charge is 0.346 e. The number of aromatic nitrogens is 2. The van der Waals surface area contributed by atoms with Crippen LogP contribution < -0.4 is 11.1 Å². The highest BCUT2D eigenvalue weighted by atomic mass is 35.5. The van der Waals surface area contributed by atoms with E-state index < -0.39 is 0 Å². The van der Waals surface area contributed by atoms with Crippen molar-refractivity contribution >= 4 is 17.5 Å². The van der Waals surface area contributed by atoms with Crippen molar-refractivity contribution in [3.8, 4) is 11.5 Å². The van der Waals surface area contributed by atoms with Crippen LogP contribution in [0, 0.1) is 5.92 Å². The fourth-order valence-electron chi connectivity index (χ4n) is 1.77. The van der Waals surface area contributed by atoms with Crippen LogP contribution in [0.15, 0.2) is 28.8 Å². The average Bonchev–Trinajstić information content (AvgIpc) is 2.96. The van der Waals surface area contributed by atoms with Crippen LogP contribution in [-0.4, -0.2) is 22.1 Å². The molecular weight excluding hydrogens is 304 g/mol. The van der Waals surface area contributed by atoms with Gasteiger partial charge in [-0.3, -0.25) is 4.79 Å². The predicted molar refractivity (Wildman–Crippen MR) is 84.1 cm³/mol. The monoisotopic (exact) mass is 322 g/mol. The van der Waals surface area contributed by atoms with Crippen molar-refractivity contribution in [2.45, 2.75) is 32.9 Å². The highest BCUT2D eigenvalue weighted by Gasteiger charge is 2.22. The lowest BCUT2D eigenvalue weighted by molar-refractivity contribution is -0.125. The molecule has 7 heteroatoms. The van der Waals surface area contributed by atoms with Crippen LogP contribution in [0.2, 0.25) is 5.02 Å². The van der Waals surface area contributed by atoms with Crippen LogP contribution in [0.4, 0.5) is 0 Å². The molecule has 0 aliphatic heterocycles. The first-order valence-corrected chi connectivity index (χ1v) is 7.41. The Morgan fingerprint density at radius 2 is 1.91 bits per heavy atom. The lowest BCUT2D eigenvalue weighted by Crippen LogP contribution is -2.39. The van der Waals surface area contributed by atoms with E-state index in [0.717, 1.165) is 5.56 Å². The summed E-state index contributed by atoms with van der Waals surface area (Å²) in [6, 6.07) is 6.50. The molecule has 1 heterocycles. The van der Waals surface area contributed by atoms with Gasteiger partial charge in [-0.05, 0) is 38.1 Å². The first kappa shape index (κ1) is 16.5. The number of nitrogens with two attached hydrogens (primary N) is 1. The van der Waals surface area contributed by atoms with Crippen molar-refractivity contribution in [3.05, 3.63) is 35.1 Å². The molecular formula is C15H19ClN4O2. The predicted octanol–water partition coefficient (Wildman–Crippen LogP) is 2.55. The van der Waals surface area contributed by atoms with Crippen LogP contribution in [-0.2, 0) is 4.79 Å². The number of hydrogen-bond acceptors (Lipinski definition) is 5. The van der Waals surface area contributed by atoms with Gasteiger partial charge in [0.25, 0.3) is 5.89 Å². The van der Waals surface area contributed by atoms with E-state index in [2.05, 4.69) is 15.5 Å². The Morgan fingerprint density at radius 3 is 2.50 bits per heavy atom. The molecule has 0 saturated carbocycles. The quantitative estimate of drug-likeness (QED) is 0.882. The maximum Gasteiger partial charge on any atom is 0.257 e. The van der Waals surface area contributed by atoms with Gasteiger partial charge < -0.3 is 15.6 Å². The van der Waals surface area contributed by atoms with Gasteiger partial charge in [0.2, 0.25) is 5.91 Å². The minimum atomic E-state index is -0.362. The molecule has 0 bridgehead atoms. The number of halogens is 1. The molecule has 3 unspecified atom stereocenters. The second-order valence-corrected chi connectivity index (χ2v) is 5.78. The Balaban J connectivity index is 2.07. The van der Waals surface area contributed by atoms with E-state index in [4.69, 9.17) is 21.9 Å². The second-order valence-electron chi connectivity index (χ2n) is 5.34. The molecule has 2 aromatic rings. The van der Waals surface area contributed by atoms with Gasteiger partial charge in [-0.2, -0.15) is 4.98 Å². The Labute approximate surface area is 134 Å². The van der Waals surface area contributed by atoms with Gasteiger partial charge in [-0.1, -0.05) is 23.7 Å². The van der Waals surface area contributed by atoms with E-state index in [-0.39, 0.29) is 23.9 Å². The van der Waals surface area contributed by atoms with Crippen LogP contribution >= 0.6 is 11.6 Å². The number of nitrogens with zero attached hydrogens (tertiary/aromatic N) is 2. The average molecular weight is 323 g/mol. The number of benzene rings is 1. The minimum absolute atomic E-state index is 0.139. The summed E-state index contributed by atoms with van der Waals surface area (Å²) in [5.41, 5.74) is 6.49. The van der Waals surface area contributed by atoms with Crippen molar-refractivity contribution in [1.82, 2.24) is 15.5 Å². The Bertz CT molecular complexity index is 639. The van der Waals surface area contributed by atoms with Crippen LogP contribution in [0.25, 0.3) is 11.5 Å². The normalized spacial score (nSPS) is 15.1. The highest BCUT2D eigenvalue weighted by molar-refractivity contribution is 6.30. The van der Waals surface area contributed by atoms with Crippen molar-refractivity contribution < 1.29 is 9.32 Å². The van der Waals surface area contributed by atoms with Gasteiger partial charge in [-0.15, -0.1) is 0 Å². The van der Waals surface area contributed by atoms with Crippen LogP contribution in [0.5, 0.6) is 0 Å². The van der Waals surface area contributed by atoms with Gasteiger partial charge >= 0.3 is 0 Å². The molecule has 0 radical (unpaired) electrons. The minimum Gasteiger partial charge on any atom is -0.346 e.